The van der Waals surface area contributed by atoms with Crippen molar-refractivity contribution in [2.45, 2.75) is 6.42 Å². The summed E-state index contributed by atoms with van der Waals surface area (Å²) in [4.78, 5) is 24.9. The van der Waals surface area contributed by atoms with E-state index in [-0.39, 0.29) is 18.1 Å². The van der Waals surface area contributed by atoms with Crippen LogP contribution in [0, 0.1) is 11.3 Å². The number of fused-ring (bicyclic) bond motifs is 1. The number of carbonyl (C=O) groups excluding carboxylic acids is 2. The average molecular weight is 350 g/mol. The van der Waals surface area contributed by atoms with E-state index >= 15 is 0 Å². The summed E-state index contributed by atoms with van der Waals surface area (Å²) < 4.78 is 5.91. The summed E-state index contributed by atoms with van der Waals surface area (Å²) in [6.45, 7) is 0. The third-order valence-corrected chi connectivity index (χ3v) is 3.90. The molecule has 1 heterocycles. The van der Waals surface area contributed by atoms with E-state index in [4.69, 9.17) is 15.4 Å². The zero-order chi connectivity index (χ0) is 15.7. The fourth-order valence-corrected chi connectivity index (χ4v) is 2.65. The largest absolute Gasteiger partial charge is 0.451 e. The number of carbonyl (C=O) groups is 2. The van der Waals surface area contributed by atoms with Gasteiger partial charge in [0.1, 0.15) is 5.58 Å². The first-order chi connectivity index (χ1) is 9.86. The molecule has 2 amide bonds. The van der Waals surface area contributed by atoms with Crippen molar-refractivity contribution >= 4 is 38.7 Å². The van der Waals surface area contributed by atoms with Gasteiger partial charge in [-0.2, -0.15) is 5.26 Å². The standard InChI is InChI=1S/C14H12BrN3O3/c1-18(2)14(20)8-5-10-9(6-11(21-10)13(17)19)12(15)7(8)3-4-16/h5-6H,3H2,1-2H3,(H2,17,19). The minimum absolute atomic E-state index is 0.00283. The van der Waals surface area contributed by atoms with Crippen LogP contribution in [0.25, 0.3) is 11.0 Å². The van der Waals surface area contributed by atoms with Gasteiger partial charge in [0, 0.05) is 29.5 Å². The molecule has 0 bridgehead atoms. The van der Waals surface area contributed by atoms with Gasteiger partial charge >= 0.3 is 0 Å². The molecule has 0 spiro atoms. The Kier molecular flexibility index (Phi) is 4.00. The van der Waals surface area contributed by atoms with Gasteiger partial charge in [-0.25, -0.2) is 0 Å². The Morgan fingerprint density at radius 1 is 1.43 bits per heavy atom. The van der Waals surface area contributed by atoms with Gasteiger partial charge in [-0.3, -0.25) is 9.59 Å². The number of amides is 2. The first-order valence-corrected chi connectivity index (χ1v) is 6.79. The monoisotopic (exact) mass is 349 g/mol. The molecule has 108 valence electrons. The van der Waals surface area contributed by atoms with Crippen molar-refractivity contribution in [1.82, 2.24) is 4.90 Å². The Balaban J connectivity index is 2.78. The van der Waals surface area contributed by atoms with Gasteiger partial charge in [0.2, 0.25) is 0 Å². The predicted octanol–water partition coefficient (Wildman–Crippen LogP) is 2.06. The third kappa shape index (κ3) is 2.62. The number of hydrogen-bond acceptors (Lipinski definition) is 4. The predicted molar refractivity (Wildman–Crippen MR) is 79.8 cm³/mol. The third-order valence-electron chi connectivity index (χ3n) is 3.00. The zero-order valence-electron chi connectivity index (χ0n) is 11.4. The van der Waals surface area contributed by atoms with Crippen LogP contribution in [0.3, 0.4) is 0 Å². The molecule has 1 aromatic heterocycles. The highest BCUT2D eigenvalue weighted by Crippen LogP contribution is 2.33. The molecule has 7 heteroatoms. The molecule has 2 rings (SSSR count). The maximum absolute atomic E-state index is 12.2. The number of primary amides is 1. The molecule has 2 N–H and O–H groups in total. The molecular weight excluding hydrogens is 338 g/mol. The number of benzene rings is 1. The lowest BCUT2D eigenvalue weighted by atomic mass is 10.0. The van der Waals surface area contributed by atoms with E-state index in [9.17, 15) is 9.59 Å². The molecule has 0 fully saturated rings. The smallest absolute Gasteiger partial charge is 0.284 e. The van der Waals surface area contributed by atoms with Crippen LogP contribution in [-0.2, 0) is 6.42 Å². The second-order valence-electron chi connectivity index (χ2n) is 4.64. The molecule has 0 saturated heterocycles. The van der Waals surface area contributed by atoms with Gasteiger partial charge in [0.15, 0.2) is 5.76 Å². The van der Waals surface area contributed by atoms with Crippen molar-refractivity contribution in [1.29, 1.82) is 5.26 Å². The van der Waals surface area contributed by atoms with Crippen molar-refractivity contribution < 1.29 is 14.0 Å². The van der Waals surface area contributed by atoms with Gasteiger partial charge < -0.3 is 15.1 Å². The lowest BCUT2D eigenvalue weighted by molar-refractivity contribution is 0.0826. The van der Waals surface area contributed by atoms with Crippen LogP contribution in [0.1, 0.15) is 26.5 Å². The van der Waals surface area contributed by atoms with Crippen molar-refractivity contribution in [3.63, 3.8) is 0 Å². The van der Waals surface area contributed by atoms with Crippen LogP contribution in [0.2, 0.25) is 0 Å². The molecule has 0 atom stereocenters. The van der Waals surface area contributed by atoms with Crippen molar-refractivity contribution in [2.75, 3.05) is 14.1 Å². The fourth-order valence-electron chi connectivity index (χ4n) is 1.99. The molecule has 0 aliphatic rings. The van der Waals surface area contributed by atoms with Crippen molar-refractivity contribution in [3.8, 4) is 6.07 Å². The maximum Gasteiger partial charge on any atom is 0.284 e. The summed E-state index contributed by atoms with van der Waals surface area (Å²) in [5.74, 6) is -0.941. The normalized spacial score (nSPS) is 10.4. The average Bonchev–Trinajstić information content (AvgIpc) is 2.85. The second-order valence-corrected chi connectivity index (χ2v) is 5.43. The SMILES string of the molecule is CN(C)C(=O)c1cc2oc(C(N)=O)cc2c(Br)c1CC#N. The van der Waals surface area contributed by atoms with E-state index in [2.05, 4.69) is 15.9 Å². The van der Waals surface area contributed by atoms with Crippen LogP contribution >= 0.6 is 15.9 Å². The highest BCUT2D eigenvalue weighted by molar-refractivity contribution is 9.10. The van der Waals surface area contributed by atoms with Gasteiger partial charge in [-0.05, 0) is 33.6 Å². The lowest BCUT2D eigenvalue weighted by Crippen LogP contribution is -2.23. The van der Waals surface area contributed by atoms with E-state index in [1.54, 1.807) is 14.1 Å². The Morgan fingerprint density at radius 2 is 2.10 bits per heavy atom. The number of furan rings is 1. The molecule has 2 aromatic rings. The molecule has 1 aromatic carbocycles. The van der Waals surface area contributed by atoms with E-state index < -0.39 is 5.91 Å². The molecule has 0 radical (unpaired) electrons. The minimum Gasteiger partial charge on any atom is -0.451 e. The molecule has 0 aliphatic heterocycles. The van der Waals surface area contributed by atoms with Crippen molar-refractivity contribution in [3.05, 3.63) is 33.5 Å². The Hall–Kier alpha value is -2.33. The number of nitrogens with zero attached hydrogens (tertiary/aromatic N) is 2. The highest BCUT2D eigenvalue weighted by Gasteiger charge is 2.21. The van der Waals surface area contributed by atoms with E-state index in [1.165, 1.54) is 17.0 Å². The topological polar surface area (TPSA) is 100 Å². The second kappa shape index (κ2) is 5.58. The van der Waals surface area contributed by atoms with Crippen molar-refractivity contribution in [2.24, 2.45) is 5.73 Å². The summed E-state index contributed by atoms with van der Waals surface area (Å²) in [5.41, 5.74) is 6.47. The lowest BCUT2D eigenvalue weighted by Gasteiger charge is -2.14. The van der Waals surface area contributed by atoms with Gasteiger partial charge in [-0.15, -0.1) is 0 Å². The summed E-state index contributed by atoms with van der Waals surface area (Å²) >= 11 is 3.38. The van der Waals surface area contributed by atoms with Crippen LogP contribution in [-0.4, -0.2) is 30.8 Å². The zero-order valence-corrected chi connectivity index (χ0v) is 13.0. The molecule has 0 aliphatic carbocycles. The van der Waals surface area contributed by atoms with Crippen LogP contribution in [0.15, 0.2) is 21.0 Å². The van der Waals surface area contributed by atoms with Crippen LogP contribution < -0.4 is 5.73 Å². The van der Waals surface area contributed by atoms with Gasteiger partial charge in [-0.1, -0.05) is 0 Å². The summed E-state index contributed by atoms with van der Waals surface area (Å²) in [7, 11) is 3.24. The maximum atomic E-state index is 12.2. The van der Waals surface area contributed by atoms with Crippen LogP contribution in [0.5, 0.6) is 0 Å². The van der Waals surface area contributed by atoms with Crippen LogP contribution in [0.4, 0.5) is 0 Å². The van der Waals surface area contributed by atoms with Gasteiger partial charge in [0.25, 0.3) is 11.8 Å². The van der Waals surface area contributed by atoms with E-state index in [0.29, 0.717) is 26.6 Å². The number of halogens is 1. The number of nitrogens with two attached hydrogens (primary N) is 1. The summed E-state index contributed by atoms with van der Waals surface area (Å²) in [6, 6.07) is 5.05. The molecule has 0 unspecified atom stereocenters. The summed E-state index contributed by atoms with van der Waals surface area (Å²) in [5, 5.41) is 9.56. The minimum atomic E-state index is -0.694. The highest BCUT2D eigenvalue weighted by atomic mass is 79.9. The summed E-state index contributed by atoms with van der Waals surface area (Å²) in [6.07, 6.45) is 0.0581. The molecule has 6 nitrogen and oxygen atoms in total. The number of nitriles is 1. The fraction of sp³-hybridized carbons (Fsp3) is 0.214. The first-order valence-electron chi connectivity index (χ1n) is 6.00. The number of hydrogen-bond donors (Lipinski definition) is 1. The molecule has 0 saturated carbocycles. The molecule has 21 heavy (non-hydrogen) atoms. The first kappa shape index (κ1) is 15.1. The number of rotatable bonds is 3. The van der Waals surface area contributed by atoms with E-state index in [0.717, 1.165) is 0 Å². The van der Waals surface area contributed by atoms with Gasteiger partial charge in [0.05, 0.1) is 12.5 Å². The Labute approximate surface area is 129 Å². The Morgan fingerprint density at radius 3 is 2.62 bits per heavy atom. The molecular formula is C14H12BrN3O3. The van der Waals surface area contributed by atoms with E-state index in [1.807, 2.05) is 6.07 Å². The Bertz CT molecular complexity index is 787. The quantitative estimate of drug-likeness (QED) is 0.916.